The zero-order valence-electron chi connectivity index (χ0n) is 12.9. The quantitative estimate of drug-likeness (QED) is 0.684. The van der Waals surface area contributed by atoms with E-state index in [4.69, 9.17) is 16.3 Å². The van der Waals surface area contributed by atoms with Crippen LogP contribution in [0.4, 0.5) is 5.69 Å². The van der Waals surface area contributed by atoms with E-state index in [9.17, 15) is 4.79 Å². The molecule has 0 aromatic heterocycles. The van der Waals surface area contributed by atoms with Crippen molar-refractivity contribution in [3.05, 3.63) is 63.1 Å². The van der Waals surface area contributed by atoms with Crippen LogP contribution in [0.2, 0.25) is 5.02 Å². The summed E-state index contributed by atoms with van der Waals surface area (Å²) in [6, 6.07) is 11.1. The standard InChI is InChI=1S/C18H17BrClNO2/c1-3-23-17-8-6-14(19)10-13(17)5-9-18(22)21-15-7-4-12(2)16(20)11-15/h4-11H,3H2,1-2H3,(H,21,22)/b9-5+. The van der Waals surface area contributed by atoms with Crippen LogP contribution in [0.25, 0.3) is 6.08 Å². The molecule has 23 heavy (non-hydrogen) atoms. The molecule has 120 valence electrons. The zero-order chi connectivity index (χ0) is 16.8. The first-order valence-electron chi connectivity index (χ1n) is 7.17. The Kier molecular flexibility index (Phi) is 6.25. The van der Waals surface area contributed by atoms with E-state index in [1.807, 2.05) is 44.2 Å². The summed E-state index contributed by atoms with van der Waals surface area (Å²) in [5.74, 6) is 0.505. The van der Waals surface area contributed by atoms with E-state index in [-0.39, 0.29) is 5.91 Å². The van der Waals surface area contributed by atoms with Crippen molar-refractivity contribution in [1.82, 2.24) is 0 Å². The summed E-state index contributed by atoms with van der Waals surface area (Å²) in [6.45, 7) is 4.40. The minimum absolute atomic E-state index is 0.229. The van der Waals surface area contributed by atoms with Gasteiger partial charge in [0.15, 0.2) is 0 Å². The summed E-state index contributed by atoms with van der Waals surface area (Å²) in [6.07, 6.45) is 3.19. The fourth-order valence-electron chi connectivity index (χ4n) is 1.96. The van der Waals surface area contributed by atoms with Crippen molar-refractivity contribution < 1.29 is 9.53 Å². The molecule has 0 aliphatic heterocycles. The number of anilines is 1. The van der Waals surface area contributed by atoms with Gasteiger partial charge in [0.2, 0.25) is 5.91 Å². The summed E-state index contributed by atoms with van der Waals surface area (Å²) in [4.78, 5) is 12.0. The van der Waals surface area contributed by atoms with Gasteiger partial charge in [-0.25, -0.2) is 0 Å². The highest BCUT2D eigenvalue weighted by atomic mass is 79.9. The number of hydrogen-bond donors (Lipinski definition) is 1. The predicted octanol–water partition coefficient (Wildman–Crippen LogP) is 5.46. The molecule has 2 aromatic carbocycles. The van der Waals surface area contributed by atoms with E-state index in [1.165, 1.54) is 6.08 Å². The highest BCUT2D eigenvalue weighted by Gasteiger charge is 2.04. The molecule has 3 nitrogen and oxygen atoms in total. The molecule has 0 bridgehead atoms. The molecular weight excluding hydrogens is 378 g/mol. The van der Waals surface area contributed by atoms with E-state index in [0.29, 0.717) is 17.3 Å². The Hall–Kier alpha value is -1.78. The number of hydrogen-bond acceptors (Lipinski definition) is 2. The predicted molar refractivity (Wildman–Crippen MR) is 99.2 cm³/mol. The van der Waals surface area contributed by atoms with Gasteiger partial charge in [0.25, 0.3) is 0 Å². The van der Waals surface area contributed by atoms with Crippen LogP contribution in [0.5, 0.6) is 5.75 Å². The topological polar surface area (TPSA) is 38.3 Å². The molecule has 0 spiro atoms. The van der Waals surface area contributed by atoms with Crippen molar-refractivity contribution in [3.8, 4) is 5.75 Å². The molecule has 5 heteroatoms. The molecular formula is C18H17BrClNO2. The maximum Gasteiger partial charge on any atom is 0.248 e. The number of benzene rings is 2. The lowest BCUT2D eigenvalue weighted by Crippen LogP contribution is -2.07. The number of aryl methyl sites for hydroxylation is 1. The normalized spacial score (nSPS) is 10.8. The van der Waals surface area contributed by atoms with Gasteiger partial charge >= 0.3 is 0 Å². The Balaban J connectivity index is 2.11. The van der Waals surface area contributed by atoms with Gasteiger partial charge < -0.3 is 10.1 Å². The number of halogens is 2. The van der Waals surface area contributed by atoms with Gasteiger partial charge in [-0.1, -0.05) is 33.6 Å². The highest BCUT2D eigenvalue weighted by molar-refractivity contribution is 9.10. The molecule has 0 heterocycles. The second-order valence-electron chi connectivity index (χ2n) is 4.90. The average Bonchev–Trinajstić information content (AvgIpc) is 2.51. The molecule has 0 fully saturated rings. The molecule has 1 N–H and O–H groups in total. The number of carbonyl (C=O) groups excluding carboxylic acids is 1. The Morgan fingerprint density at radius 1 is 1.30 bits per heavy atom. The molecule has 2 rings (SSSR count). The van der Waals surface area contributed by atoms with Crippen LogP contribution < -0.4 is 10.1 Å². The van der Waals surface area contributed by atoms with Gasteiger partial charge in [0, 0.05) is 26.8 Å². The van der Waals surface area contributed by atoms with Gasteiger partial charge in [0.05, 0.1) is 6.61 Å². The zero-order valence-corrected chi connectivity index (χ0v) is 15.2. The Bertz CT molecular complexity index is 744. The lowest BCUT2D eigenvalue weighted by Gasteiger charge is -2.08. The van der Waals surface area contributed by atoms with Gasteiger partial charge in [0.1, 0.15) is 5.75 Å². The fourth-order valence-corrected chi connectivity index (χ4v) is 2.52. The van der Waals surface area contributed by atoms with Crippen molar-refractivity contribution in [1.29, 1.82) is 0 Å². The Labute approximate surface area is 149 Å². The van der Waals surface area contributed by atoms with Crippen LogP contribution in [-0.4, -0.2) is 12.5 Å². The minimum atomic E-state index is -0.229. The number of amides is 1. The lowest BCUT2D eigenvalue weighted by atomic mass is 10.2. The molecule has 0 aliphatic rings. The first kappa shape index (κ1) is 17.6. The maximum absolute atomic E-state index is 12.0. The van der Waals surface area contributed by atoms with Crippen molar-refractivity contribution in [3.63, 3.8) is 0 Å². The van der Waals surface area contributed by atoms with Crippen molar-refractivity contribution >= 4 is 45.2 Å². The summed E-state index contributed by atoms with van der Waals surface area (Å²) in [5, 5.41) is 3.41. The van der Waals surface area contributed by atoms with Crippen LogP contribution in [0, 0.1) is 6.92 Å². The molecule has 0 radical (unpaired) electrons. The van der Waals surface area contributed by atoms with E-state index < -0.39 is 0 Å². The molecule has 1 amide bonds. The second-order valence-corrected chi connectivity index (χ2v) is 6.22. The largest absolute Gasteiger partial charge is 0.493 e. The summed E-state index contributed by atoms with van der Waals surface area (Å²) >= 11 is 9.47. The first-order chi connectivity index (χ1) is 11.0. The van der Waals surface area contributed by atoms with Crippen LogP contribution in [0.1, 0.15) is 18.1 Å². The van der Waals surface area contributed by atoms with Crippen LogP contribution in [0.15, 0.2) is 46.9 Å². The number of carbonyl (C=O) groups is 1. The van der Waals surface area contributed by atoms with E-state index in [2.05, 4.69) is 21.2 Å². The third kappa shape index (κ3) is 5.12. The second kappa shape index (κ2) is 8.18. The Morgan fingerprint density at radius 2 is 2.09 bits per heavy atom. The smallest absolute Gasteiger partial charge is 0.248 e. The molecule has 0 saturated heterocycles. The third-order valence-corrected chi connectivity index (χ3v) is 4.03. The molecule has 2 aromatic rings. The van der Waals surface area contributed by atoms with Gasteiger partial charge in [-0.2, -0.15) is 0 Å². The fraction of sp³-hybridized carbons (Fsp3) is 0.167. The molecule has 0 aliphatic carbocycles. The molecule has 0 atom stereocenters. The van der Waals surface area contributed by atoms with Gasteiger partial charge in [-0.15, -0.1) is 0 Å². The molecule has 0 unspecified atom stereocenters. The Morgan fingerprint density at radius 3 is 2.78 bits per heavy atom. The van der Waals surface area contributed by atoms with Crippen molar-refractivity contribution in [2.45, 2.75) is 13.8 Å². The van der Waals surface area contributed by atoms with Crippen LogP contribution in [0.3, 0.4) is 0 Å². The van der Waals surface area contributed by atoms with Crippen molar-refractivity contribution in [2.75, 3.05) is 11.9 Å². The summed E-state index contributed by atoms with van der Waals surface area (Å²) in [5.41, 5.74) is 2.46. The first-order valence-corrected chi connectivity index (χ1v) is 8.34. The average molecular weight is 395 g/mol. The lowest BCUT2D eigenvalue weighted by molar-refractivity contribution is -0.111. The summed E-state index contributed by atoms with van der Waals surface area (Å²) in [7, 11) is 0. The summed E-state index contributed by atoms with van der Waals surface area (Å²) < 4.78 is 6.47. The SMILES string of the molecule is CCOc1ccc(Br)cc1/C=C/C(=O)Nc1ccc(C)c(Cl)c1. The highest BCUT2D eigenvalue weighted by Crippen LogP contribution is 2.25. The number of rotatable bonds is 5. The molecule has 0 saturated carbocycles. The van der Waals surface area contributed by atoms with Gasteiger partial charge in [-0.3, -0.25) is 4.79 Å². The van der Waals surface area contributed by atoms with Crippen LogP contribution >= 0.6 is 27.5 Å². The van der Waals surface area contributed by atoms with Gasteiger partial charge in [-0.05, 0) is 55.8 Å². The van der Waals surface area contributed by atoms with E-state index in [1.54, 1.807) is 12.1 Å². The third-order valence-electron chi connectivity index (χ3n) is 3.13. The van der Waals surface area contributed by atoms with E-state index in [0.717, 1.165) is 21.3 Å². The number of ether oxygens (including phenoxy) is 1. The van der Waals surface area contributed by atoms with E-state index >= 15 is 0 Å². The van der Waals surface area contributed by atoms with Crippen LogP contribution in [-0.2, 0) is 4.79 Å². The number of nitrogens with one attached hydrogen (secondary N) is 1. The maximum atomic E-state index is 12.0. The monoisotopic (exact) mass is 393 g/mol. The van der Waals surface area contributed by atoms with Crippen molar-refractivity contribution in [2.24, 2.45) is 0 Å². The minimum Gasteiger partial charge on any atom is -0.493 e.